The number of nitrogens with zero attached hydrogens (tertiary/aromatic N) is 1. The summed E-state index contributed by atoms with van der Waals surface area (Å²) in [5.41, 5.74) is 3.49. The minimum atomic E-state index is -0.142. The van der Waals surface area contributed by atoms with E-state index >= 15 is 0 Å². The first-order valence-electron chi connectivity index (χ1n) is 7.78. The Balaban J connectivity index is 1.90. The SMILES string of the molecule is CCOC(=O)CCc1ccc(N(C)Cc2ccc(Cl)cc2)cc1. The van der Waals surface area contributed by atoms with Crippen LogP contribution in [-0.4, -0.2) is 19.6 Å². The molecule has 0 aliphatic carbocycles. The Morgan fingerprint density at radius 2 is 1.65 bits per heavy atom. The number of benzene rings is 2. The molecule has 0 aliphatic heterocycles. The van der Waals surface area contributed by atoms with Crippen LogP contribution in [0.2, 0.25) is 5.02 Å². The first kappa shape index (κ1) is 17.4. The van der Waals surface area contributed by atoms with Gasteiger partial charge in [0.05, 0.1) is 6.61 Å². The van der Waals surface area contributed by atoms with Crippen LogP contribution < -0.4 is 4.90 Å². The molecule has 0 radical (unpaired) electrons. The molecule has 0 heterocycles. The van der Waals surface area contributed by atoms with Crippen LogP contribution in [0.15, 0.2) is 48.5 Å². The van der Waals surface area contributed by atoms with Gasteiger partial charge >= 0.3 is 5.97 Å². The lowest BCUT2D eigenvalue weighted by atomic mass is 10.1. The maximum absolute atomic E-state index is 11.4. The van der Waals surface area contributed by atoms with Gasteiger partial charge in [0.1, 0.15) is 0 Å². The molecule has 0 unspecified atom stereocenters. The summed E-state index contributed by atoms with van der Waals surface area (Å²) in [6, 6.07) is 16.2. The van der Waals surface area contributed by atoms with Gasteiger partial charge in [0.2, 0.25) is 0 Å². The number of halogens is 1. The molecule has 23 heavy (non-hydrogen) atoms. The zero-order chi connectivity index (χ0) is 16.7. The molecule has 122 valence electrons. The highest BCUT2D eigenvalue weighted by Gasteiger charge is 2.05. The van der Waals surface area contributed by atoms with E-state index in [0.717, 1.165) is 22.8 Å². The van der Waals surface area contributed by atoms with Crippen molar-refractivity contribution in [3.63, 3.8) is 0 Å². The van der Waals surface area contributed by atoms with Crippen molar-refractivity contribution in [1.82, 2.24) is 0 Å². The molecular formula is C19H22ClNO2. The molecule has 0 atom stereocenters. The number of hydrogen-bond donors (Lipinski definition) is 0. The van der Waals surface area contributed by atoms with Crippen molar-refractivity contribution in [2.45, 2.75) is 26.3 Å². The maximum Gasteiger partial charge on any atom is 0.306 e. The van der Waals surface area contributed by atoms with Gasteiger partial charge in [-0.05, 0) is 48.7 Å². The Labute approximate surface area is 142 Å². The quantitative estimate of drug-likeness (QED) is 0.701. The topological polar surface area (TPSA) is 29.5 Å². The van der Waals surface area contributed by atoms with E-state index in [4.69, 9.17) is 16.3 Å². The fourth-order valence-electron chi connectivity index (χ4n) is 2.35. The minimum Gasteiger partial charge on any atom is -0.466 e. The van der Waals surface area contributed by atoms with Crippen molar-refractivity contribution in [3.8, 4) is 0 Å². The highest BCUT2D eigenvalue weighted by Crippen LogP contribution is 2.18. The lowest BCUT2D eigenvalue weighted by molar-refractivity contribution is -0.143. The van der Waals surface area contributed by atoms with E-state index in [1.807, 2.05) is 31.2 Å². The predicted octanol–water partition coefficient (Wildman–Crippen LogP) is 4.47. The summed E-state index contributed by atoms with van der Waals surface area (Å²) in [5, 5.41) is 0.752. The maximum atomic E-state index is 11.4. The van der Waals surface area contributed by atoms with Gasteiger partial charge < -0.3 is 9.64 Å². The number of hydrogen-bond acceptors (Lipinski definition) is 3. The summed E-state index contributed by atoms with van der Waals surface area (Å²) in [5.74, 6) is -0.142. The third-order valence-electron chi connectivity index (χ3n) is 3.63. The van der Waals surface area contributed by atoms with Crippen LogP contribution in [-0.2, 0) is 22.5 Å². The largest absolute Gasteiger partial charge is 0.466 e. The highest BCUT2D eigenvalue weighted by molar-refractivity contribution is 6.30. The molecule has 0 N–H and O–H groups in total. The van der Waals surface area contributed by atoms with Crippen molar-refractivity contribution in [3.05, 3.63) is 64.7 Å². The molecule has 3 nitrogen and oxygen atoms in total. The Morgan fingerprint density at radius 3 is 2.26 bits per heavy atom. The van der Waals surface area contributed by atoms with Gasteiger partial charge in [-0.25, -0.2) is 0 Å². The van der Waals surface area contributed by atoms with Crippen LogP contribution in [0, 0.1) is 0 Å². The average molecular weight is 332 g/mol. The monoisotopic (exact) mass is 331 g/mol. The van der Waals surface area contributed by atoms with Gasteiger partial charge in [-0.2, -0.15) is 0 Å². The number of esters is 1. The number of rotatable bonds is 7. The molecule has 0 bridgehead atoms. The van der Waals surface area contributed by atoms with Gasteiger partial charge in [0.25, 0.3) is 0 Å². The second-order valence-electron chi connectivity index (χ2n) is 5.45. The van der Waals surface area contributed by atoms with Crippen LogP contribution in [0.5, 0.6) is 0 Å². The fraction of sp³-hybridized carbons (Fsp3) is 0.316. The molecule has 4 heteroatoms. The molecule has 0 fully saturated rings. The summed E-state index contributed by atoms with van der Waals surface area (Å²) < 4.78 is 4.94. The number of carbonyl (C=O) groups excluding carboxylic acids is 1. The van der Waals surface area contributed by atoms with Crippen molar-refractivity contribution < 1.29 is 9.53 Å². The molecule has 0 saturated heterocycles. The van der Waals surface area contributed by atoms with Crippen molar-refractivity contribution >= 4 is 23.3 Å². The van der Waals surface area contributed by atoms with Crippen molar-refractivity contribution in [1.29, 1.82) is 0 Å². The molecule has 0 saturated carbocycles. The Hall–Kier alpha value is -2.00. The van der Waals surface area contributed by atoms with Crippen LogP contribution >= 0.6 is 11.6 Å². The second-order valence-corrected chi connectivity index (χ2v) is 5.89. The van der Waals surface area contributed by atoms with Gasteiger partial charge in [0.15, 0.2) is 0 Å². The summed E-state index contributed by atoms with van der Waals surface area (Å²) in [7, 11) is 2.06. The number of anilines is 1. The predicted molar refractivity (Wildman–Crippen MR) is 95.0 cm³/mol. The van der Waals surface area contributed by atoms with E-state index in [9.17, 15) is 4.79 Å². The van der Waals surface area contributed by atoms with Crippen LogP contribution in [0.4, 0.5) is 5.69 Å². The van der Waals surface area contributed by atoms with E-state index in [0.29, 0.717) is 19.4 Å². The summed E-state index contributed by atoms with van der Waals surface area (Å²) >= 11 is 5.91. The van der Waals surface area contributed by atoms with E-state index in [2.05, 4.69) is 36.2 Å². The van der Waals surface area contributed by atoms with Gasteiger partial charge in [0, 0.05) is 30.7 Å². The standard InChI is InChI=1S/C19H22ClNO2/c1-3-23-19(22)13-8-15-6-11-18(12-7-15)21(2)14-16-4-9-17(20)10-5-16/h4-7,9-12H,3,8,13-14H2,1-2H3. The summed E-state index contributed by atoms with van der Waals surface area (Å²) in [4.78, 5) is 13.6. The van der Waals surface area contributed by atoms with E-state index in [1.165, 1.54) is 5.56 Å². The second kappa shape index (κ2) is 8.59. The molecule has 2 rings (SSSR count). The molecule has 0 amide bonds. The highest BCUT2D eigenvalue weighted by atomic mass is 35.5. The lowest BCUT2D eigenvalue weighted by Gasteiger charge is -2.20. The molecule has 0 spiro atoms. The Bertz CT molecular complexity index is 623. The van der Waals surface area contributed by atoms with E-state index < -0.39 is 0 Å². The van der Waals surface area contributed by atoms with Crippen molar-refractivity contribution in [2.75, 3.05) is 18.6 Å². The molecule has 2 aromatic carbocycles. The third kappa shape index (κ3) is 5.61. The number of ether oxygens (including phenoxy) is 1. The lowest BCUT2D eigenvalue weighted by Crippen LogP contribution is -2.16. The van der Waals surface area contributed by atoms with Crippen LogP contribution in [0.3, 0.4) is 0 Å². The van der Waals surface area contributed by atoms with Gasteiger partial charge in [-0.15, -0.1) is 0 Å². The minimum absolute atomic E-state index is 0.142. The summed E-state index contributed by atoms with van der Waals surface area (Å²) in [6.07, 6.45) is 1.13. The zero-order valence-electron chi connectivity index (χ0n) is 13.6. The molecule has 2 aromatic rings. The normalized spacial score (nSPS) is 10.4. The molecule has 0 aromatic heterocycles. The Kier molecular flexibility index (Phi) is 6.48. The average Bonchev–Trinajstić information content (AvgIpc) is 2.56. The molecular weight excluding hydrogens is 310 g/mol. The number of carbonyl (C=O) groups is 1. The Morgan fingerprint density at radius 1 is 1.04 bits per heavy atom. The number of aryl methyl sites for hydroxylation is 1. The van der Waals surface area contributed by atoms with E-state index in [1.54, 1.807) is 0 Å². The van der Waals surface area contributed by atoms with Gasteiger partial charge in [-0.3, -0.25) is 4.79 Å². The van der Waals surface area contributed by atoms with Crippen molar-refractivity contribution in [2.24, 2.45) is 0 Å². The smallest absolute Gasteiger partial charge is 0.306 e. The zero-order valence-corrected chi connectivity index (χ0v) is 14.3. The van der Waals surface area contributed by atoms with Gasteiger partial charge in [-0.1, -0.05) is 35.9 Å². The molecule has 0 aliphatic rings. The van der Waals surface area contributed by atoms with Crippen LogP contribution in [0.25, 0.3) is 0 Å². The van der Waals surface area contributed by atoms with Crippen LogP contribution in [0.1, 0.15) is 24.5 Å². The summed E-state index contributed by atoms with van der Waals surface area (Å²) in [6.45, 7) is 3.08. The first-order chi connectivity index (χ1) is 11.1. The first-order valence-corrected chi connectivity index (χ1v) is 8.16. The van der Waals surface area contributed by atoms with E-state index in [-0.39, 0.29) is 5.97 Å². The fourth-order valence-corrected chi connectivity index (χ4v) is 2.48. The third-order valence-corrected chi connectivity index (χ3v) is 3.89.